The number of hydrogen-bond acceptors (Lipinski definition) is 4. The number of nitrogens with zero attached hydrogens (tertiary/aromatic N) is 2. The van der Waals surface area contributed by atoms with Crippen LogP contribution in [0.1, 0.15) is 44.7 Å². The Morgan fingerprint density at radius 2 is 2.30 bits per heavy atom. The van der Waals surface area contributed by atoms with Crippen LogP contribution in [0, 0.1) is 0 Å². The summed E-state index contributed by atoms with van der Waals surface area (Å²) in [6.45, 7) is 7.03. The Labute approximate surface area is 122 Å². The molecule has 0 spiro atoms. The fourth-order valence-corrected chi connectivity index (χ4v) is 2.31. The fourth-order valence-electron chi connectivity index (χ4n) is 2.31. The summed E-state index contributed by atoms with van der Waals surface area (Å²) in [5.41, 5.74) is 1.15. The Bertz CT molecular complexity index is 406. The molecule has 4 nitrogen and oxygen atoms in total. The highest BCUT2D eigenvalue weighted by molar-refractivity contribution is 5.28. The van der Waals surface area contributed by atoms with Crippen molar-refractivity contribution in [2.75, 3.05) is 26.7 Å². The normalized spacial score (nSPS) is 16.4. The van der Waals surface area contributed by atoms with Gasteiger partial charge in [0.15, 0.2) is 0 Å². The van der Waals surface area contributed by atoms with Gasteiger partial charge in [-0.1, -0.05) is 13.0 Å². The van der Waals surface area contributed by atoms with Crippen LogP contribution in [0.4, 0.5) is 0 Å². The minimum Gasteiger partial charge on any atom is -0.476 e. The zero-order valence-corrected chi connectivity index (χ0v) is 12.9. The summed E-state index contributed by atoms with van der Waals surface area (Å²) in [6.07, 6.45) is 5.61. The number of rotatable bonds is 9. The summed E-state index contributed by atoms with van der Waals surface area (Å²) < 4.78 is 5.89. The molecule has 0 aliphatic heterocycles. The quantitative estimate of drug-likeness (QED) is 0.753. The molecule has 1 N–H and O–H groups in total. The van der Waals surface area contributed by atoms with Gasteiger partial charge in [0.05, 0.1) is 0 Å². The van der Waals surface area contributed by atoms with Crippen LogP contribution in [0.5, 0.6) is 5.88 Å². The van der Waals surface area contributed by atoms with Gasteiger partial charge in [-0.15, -0.1) is 0 Å². The van der Waals surface area contributed by atoms with Gasteiger partial charge >= 0.3 is 0 Å². The first-order chi connectivity index (χ1) is 9.72. The fraction of sp³-hybridized carbons (Fsp3) is 0.688. The number of aromatic nitrogens is 1. The Kier molecular flexibility index (Phi) is 5.80. The third-order valence-corrected chi connectivity index (χ3v) is 3.82. The van der Waals surface area contributed by atoms with Crippen molar-refractivity contribution >= 4 is 0 Å². The Balaban J connectivity index is 1.86. The van der Waals surface area contributed by atoms with E-state index < -0.39 is 0 Å². The average Bonchev–Trinajstić information content (AvgIpc) is 3.29. The smallest absolute Gasteiger partial charge is 0.218 e. The summed E-state index contributed by atoms with van der Waals surface area (Å²) in [4.78, 5) is 6.76. The summed E-state index contributed by atoms with van der Waals surface area (Å²) in [6, 6.07) is 5.13. The molecule has 4 heteroatoms. The van der Waals surface area contributed by atoms with Crippen LogP contribution < -0.4 is 10.1 Å². The van der Waals surface area contributed by atoms with Crippen molar-refractivity contribution in [2.24, 2.45) is 0 Å². The summed E-state index contributed by atoms with van der Waals surface area (Å²) in [5, 5.41) is 3.49. The van der Waals surface area contributed by atoms with Gasteiger partial charge in [0.25, 0.3) is 0 Å². The lowest BCUT2D eigenvalue weighted by Gasteiger charge is -2.19. The van der Waals surface area contributed by atoms with Crippen molar-refractivity contribution in [1.29, 1.82) is 0 Å². The maximum atomic E-state index is 5.89. The maximum Gasteiger partial charge on any atom is 0.218 e. The zero-order valence-electron chi connectivity index (χ0n) is 12.9. The van der Waals surface area contributed by atoms with Gasteiger partial charge in [0.1, 0.15) is 6.61 Å². The first-order valence-electron chi connectivity index (χ1n) is 7.73. The van der Waals surface area contributed by atoms with Crippen LogP contribution in [0.25, 0.3) is 0 Å². The van der Waals surface area contributed by atoms with Crippen LogP contribution in [0.15, 0.2) is 18.3 Å². The number of nitrogens with one attached hydrogen (secondary N) is 1. The molecule has 1 aliphatic carbocycles. The first kappa shape index (κ1) is 15.3. The largest absolute Gasteiger partial charge is 0.476 e. The van der Waals surface area contributed by atoms with E-state index in [0.717, 1.165) is 37.0 Å². The molecule has 1 atom stereocenters. The number of pyridine rings is 1. The zero-order chi connectivity index (χ0) is 14.4. The molecule has 1 aliphatic rings. The molecule has 1 aromatic rings. The summed E-state index contributed by atoms with van der Waals surface area (Å²) >= 11 is 0. The van der Waals surface area contributed by atoms with E-state index in [0.29, 0.717) is 6.61 Å². The molecule has 2 rings (SSSR count). The van der Waals surface area contributed by atoms with Crippen LogP contribution >= 0.6 is 0 Å². The van der Waals surface area contributed by atoms with E-state index in [-0.39, 0.29) is 6.04 Å². The third kappa shape index (κ3) is 4.46. The molecule has 1 fully saturated rings. The molecule has 1 unspecified atom stereocenters. The Hall–Kier alpha value is -1.13. The second-order valence-electron chi connectivity index (χ2n) is 5.63. The molecule has 0 aromatic carbocycles. The predicted molar refractivity (Wildman–Crippen MR) is 82.1 cm³/mol. The minimum atomic E-state index is 0.278. The lowest BCUT2D eigenvalue weighted by molar-refractivity contribution is 0.224. The van der Waals surface area contributed by atoms with Gasteiger partial charge in [0, 0.05) is 30.4 Å². The monoisotopic (exact) mass is 277 g/mol. The molecule has 0 amide bonds. The van der Waals surface area contributed by atoms with Gasteiger partial charge in [-0.25, -0.2) is 4.98 Å². The molecule has 112 valence electrons. The molecule has 1 heterocycles. The molecular weight excluding hydrogens is 250 g/mol. The lowest BCUT2D eigenvalue weighted by Crippen LogP contribution is -2.27. The second-order valence-corrected chi connectivity index (χ2v) is 5.63. The van der Waals surface area contributed by atoms with E-state index in [1.54, 1.807) is 6.20 Å². The van der Waals surface area contributed by atoms with Crippen molar-refractivity contribution in [1.82, 2.24) is 15.2 Å². The van der Waals surface area contributed by atoms with E-state index >= 15 is 0 Å². The van der Waals surface area contributed by atoms with E-state index in [9.17, 15) is 0 Å². The Morgan fingerprint density at radius 1 is 1.50 bits per heavy atom. The van der Waals surface area contributed by atoms with Crippen molar-refractivity contribution in [2.45, 2.75) is 45.2 Å². The molecule has 20 heavy (non-hydrogen) atoms. The van der Waals surface area contributed by atoms with Crippen molar-refractivity contribution in [3.63, 3.8) is 0 Å². The summed E-state index contributed by atoms with van der Waals surface area (Å²) in [5.74, 6) is 0.771. The van der Waals surface area contributed by atoms with E-state index in [4.69, 9.17) is 4.74 Å². The van der Waals surface area contributed by atoms with Gasteiger partial charge in [-0.3, -0.25) is 0 Å². The van der Waals surface area contributed by atoms with Gasteiger partial charge in [0.2, 0.25) is 5.88 Å². The van der Waals surface area contributed by atoms with Gasteiger partial charge in [-0.2, -0.15) is 0 Å². The minimum absolute atomic E-state index is 0.278. The third-order valence-electron chi connectivity index (χ3n) is 3.82. The predicted octanol–water partition coefficient (Wildman–Crippen LogP) is 2.62. The van der Waals surface area contributed by atoms with Crippen molar-refractivity contribution in [3.8, 4) is 5.88 Å². The van der Waals surface area contributed by atoms with Crippen molar-refractivity contribution in [3.05, 3.63) is 23.9 Å². The van der Waals surface area contributed by atoms with Crippen LogP contribution in [-0.4, -0.2) is 42.7 Å². The highest BCUT2D eigenvalue weighted by atomic mass is 16.5. The molecule has 0 radical (unpaired) electrons. The van der Waals surface area contributed by atoms with Crippen LogP contribution in [0.3, 0.4) is 0 Å². The molecule has 1 aromatic heterocycles. The van der Waals surface area contributed by atoms with E-state index in [1.807, 2.05) is 6.07 Å². The van der Waals surface area contributed by atoms with E-state index in [2.05, 4.69) is 42.2 Å². The number of ether oxygens (including phenoxy) is 1. The topological polar surface area (TPSA) is 37.4 Å². The maximum absolute atomic E-state index is 5.89. The molecule has 1 saturated carbocycles. The van der Waals surface area contributed by atoms with Gasteiger partial charge < -0.3 is 15.0 Å². The number of likely N-dealkylation sites (N-methyl/N-ethyl adjacent to an activating group) is 1. The van der Waals surface area contributed by atoms with Crippen molar-refractivity contribution < 1.29 is 4.74 Å². The summed E-state index contributed by atoms with van der Waals surface area (Å²) in [7, 11) is 2.17. The Morgan fingerprint density at radius 3 is 3.00 bits per heavy atom. The van der Waals surface area contributed by atoms with Crippen LogP contribution in [-0.2, 0) is 0 Å². The second kappa shape index (κ2) is 7.60. The molecule has 0 saturated heterocycles. The average molecular weight is 277 g/mol. The van der Waals surface area contributed by atoms with Gasteiger partial charge in [-0.05, 0) is 45.8 Å². The highest BCUT2D eigenvalue weighted by Gasteiger charge is 2.25. The lowest BCUT2D eigenvalue weighted by atomic mass is 10.1. The molecule has 0 bridgehead atoms. The SMILES string of the molecule is CCCNC(C)c1cccnc1OCCN(C)C1CC1. The van der Waals surface area contributed by atoms with Crippen LogP contribution in [0.2, 0.25) is 0 Å². The molecular formula is C16H27N3O. The highest BCUT2D eigenvalue weighted by Crippen LogP contribution is 2.25. The van der Waals surface area contributed by atoms with E-state index in [1.165, 1.54) is 12.8 Å². The first-order valence-corrected chi connectivity index (χ1v) is 7.73. The number of hydrogen-bond donors (Lipinski definition) is 1. The standard InChI is InChI=1S/C16H27N3O/c1-4-9-17-13(2)15-6-5-10-18-16(15)20-12-11-19(3)14-7-8-14/h5-6,10,13-14,17H,4,7-9,11-12H2,1-3H3.